The van der Waals surface area contributed by atoms with E-state index in [0.717, 1.165) is 6.92 Å². The molecule has 0 saturated heterocycles. The molecule has 74 valence electrons. The number of hydrogen-bond donors (Lipinski definition) is 1. The number of H-pyrrole nitrogens is 1. The van der Waals surface area contributed by atoms with Gasteiger partial charge in [0.1, 0.15) is 6.61 Å². The maximum absolute atomic E-state index is 12.0. The zero-order chi connectivity index (χ0) is 9.90. The highest BCUT2D eigenvalue weighted by Gasteiger charge is 2.36. The fourth-order valence-electron chi connectivity index (χ4n) is 0.633. The van der Waals surface area contributed by atoms with Crippen molar-refractivity contribution in [2.75, 3.05) is 6.61 Å². The first-order valence-corrected chi connectivity index (χ1v) is 3.69. The summed E-state index contributed by atoms with van der Waals surface area (Å²) in [4.78, 5) is 0. The van der Waals surface area contributed by atoms with Crippen LogP contribution in [0.2, 0.25) is 0 Å². The molecule has 0 aliphatic carbocycles. The number of aromatic nitrogens is 2. The van der Waals surface area contributed by atoms with E-state index < -0.39 is 18.7 Å². The van der Waals surface area contributed by atoms with E-state index in [0.29, 0.717) is 0 Å². The van der Waals surface area contributed by atoms with E-state index >= 15 is 0 Å². The molecule has 1 N–H and O–H groups in total. The van der Waals surface area contributed by atoms with Gasteiger partial charge in [0, 0.05) is 6.07 Å². The van der Waals surface area contributed by atoms with Crippen LogP contribution in [0.5, 0.6) is 5.88 Å². The van der Waals surface area contributed by atoms with Crippen molar-refractivity contribution >= 4 is 0 Å². The molecule has 0 fully saturated rings. The SMILES string of the molecule is CC(COc1ccn[nH]1)C(F)(F)F. The Morgan fingerprint density at radius 1 is 1.62 bits per heavy atom. The number of ether oxygens (including phenoxy) is 1. The van der Waals surface area contributed by atoms with Gasteiger partial charge in [0.15, 0.2) is 0 Å². The van der Waals surface area contributed by atoms with Crippen LogP contribution in [-0.4, -0.2) is 23.0 Å². The van der Waals surface area contributed by atoms with Crippen molar-refractivity contribution in [1.82, 2.24) is 10.2 Å². The highest BCUT2D eigenvalue weighted by atomic mass is 19.4. The molecule has 0 amide bonds. The second-order valence-corrected chi connectivity index (χ2v) is 2.67. The summed E-state index contributed by atoms with van der Waals surface area (Å²) >= 11 is 0. The van der Waals surface area contributed by atoms with Crippen LogP contribution in [0, 0.1) is 5.92 Å². The van der Waals surface area contributed by atoms with Crippen molar-refractivity contribution in [1.29, 1.82) is 0 Å². The molecule has 6 heteroatoms. The molecule has 3 nitrogen and oxygen atoms in total. The number of alkyl halides is 3. The summed E-state index contributed by atoms with van der Waals surface area (Å²) in [5.74, 6) is -1.23. The van der Waals surface area contributed by atoms with Crippen LogP contribution in [-0.2, 0) is 0 Å². The van der Waals surface area contributed by atoms with Crippen molar-refractivity contribution in [3.05, 3.63) is 12.3 Å². The number of nitrogens with one attached hydrogen (secondary N) is 1. The summed E-state index contributed by atoms with van der Waals surface area (Å²) < 4.78 is 40.7. The summed E-state index contributed by atoms with van der Waals surface area (Å²) in [5.41, 5.74) is 0. The molecule has 1 aromatic rings. The average Bonchev–Trinajstić information content (AvgIpc) is 2.50. The van der Waals surface area contributed by atoms with Crippen LogP contribution in [0.25, 0.3) is 0 Å². The molecule has 1 rings (SSSR count). The van der Waals surface area contributed by atoms with Crippen LogP contribution in [0.3, 0.4) is 0 Å². The van der Waals surface area contributed by atoms with Gasteiger partial charge in [-0.15, -0.1) is 0 Å². The Kier molecular flexibility index (Phi) is 2.79. The smallest absolute Gasteiger partial charge is 0.394 e. The van der Waals surface area contributed by atoms with Gasteiger partial charge in [-0.1, -0.05) is 6.92 Å². The molecule has 0 saturated carbocycles. The standard InChI is InChI=1S/C7H9F3N2O/c1-5(7(8,9)10)4-13-6-2-3-11-12-6/h2-3,5H,4H2,1H3,(H,11,12). The second kappa shape index (κ2) is 3.68. The van der Waals surface area contributed by atoms with E-state index in [1.54, 1.807) is 0 Å². The first-order chi connectivity index (χ1) is 6.00. The molecule has 1 heterocycles. The molecule has 1 unspecified atom stereocenters. The molecule has 0 bridgehead atoms. The number of nitrogens with zero attached hydrogens (tertiary/aromatic N) is 1. The Bertz CT molecular complexity index is 245. The van der Waals surface area contributed by atoms with Gasteiger partial charge in [-0.2, -0.15) is 18.3 Å². The minimum atomic E-state index is -4.21. The molecular formula is C7H9F3N2O. The van der Waals surface area contributed by atoms with Gasteiger partial charge in [-0.05, 0) is 0 Å². The van der Waals surface area contributed by atoms with Crippen LogP contribution in [0.1, 0.15) is 6.92 Å². The Morgan fingerprint density at radius 3 is 2.77 bits per heavy atom. The van der Waals surface area contributed by atoms with Crippen LogP contribution in [0.4, 0.5) is 13.2 Å². The molecule has 0 aliphatic heterocycles. The zero-order valence-corrected chi connectivity index (χ0v) is 6.93. The normalized spacial score (nSPS) is 14.2. The first-order valence-electron chi connectivity index (χ1n) is 3.69. The van der Waals surface area contributed by atoms with Gasteiger partial charge >= 0.3 is 6.18 Å². The summed E-state index contributed by atoms with van der Waals surface area (Å²) in [5, 5.41) is 5.94. The second-order valence-electron chi connectivity index (χ2n) is 2.67. The van der Waals surface area contributed by atoms with Gasteiger partial charge in [0.25, 0.3) is 0 Å². The third kappa shape index (κ3) is 2.96. The maximum atomic E-state index is 12.0. The average molecular weight is 194 g/mol. The number of halogens is 3. The monoisotopic (exact) mass is 194 g/mol. The molecule has 0 spiro atoms. The minimum Gasteiger partial charge on any atom is -0.477 e. The van der Waals surface area contributed by atoms with Crippen molar-refractivity contribution in [3.8, 4) is 5.88 Å². The van der Waals surface area contributed by atoms with Crippen molar-refractivity contribution in [2.24, 2.45) is 5.92 Å². The largest absolute Gasteiger partial charge is 0.477 e. The van der Waals surface area contributed by atoms with Crippen LogP contribution >= 0.6 is 0 Å². The number of aromatic amines is 1. The first kappa shape index (κ1) is 9.88. The number of rotatable bonds is 3. The number of hydrogen-bond acceptors (Lipinski definition) is 2. The molecular weight excluding hydrogens is 185 g/mol. The van der Waals surface area contributed by atoms with Gasteiger partial charge < -0.3 is 4.74 Å². The van der Waals surface area contributed by atoms with E-state index in [1.165, 1.54) is 12.3 Å². The van der Waals surface area contributed by atoms with Gasteiger partial charge in [-0.3, -0.25) is 0 Å². The summed E-state index contributed by atoms with van der Waals surface area (Å²) in [7, 11) is 0. The van der Waals surface area contributed by atoms with Crippen LogP contribution < -0.4 is 4.74 Å². The summed E-state index contributed by atoms with van der Waals surface area (Å²) in [6.45, 7) is 0.669. The highest BCUT2D eigenvalue weighted by molar-refractivity contribution is 5.03. The van der Waals surface area contributed by atoms with Gasteiger partial charge in [0.05, 0.1) is 12.1 Å². The summed E-state index contributed by atoms with van der Waals surface area (Å²) in [6, 6.07) is 1.46. The predicted octanol–water partition coefficient (Wildman–Crippen LogP) is 1.99. The van der Waals surface area contributed by atoms with Crippen LogP contribution in [0.15, 0.2) is 12.3 Å². The molecule has 0 aromatic carbocycles. The Balaban J connectivity index is 2.35. The third-order valence-corrected chi connectivity index (χ3v) is 1.52. The van der Waals surface area contributed by atoms with E-state index in [4.69, 9.17) is 4.74 Å². The van der Waals surface area contributed by atoms with E-state index in [9.17, 15) is 13.2 Å². The topological polar surface area (TPSA) is 37.9 Å². The molecule has 1 atom stereocenters. The Morgan fingerprint density at radius 2 is 2.31 bits per heavy atom. The lowest BCUT2D eigenvalue weighted by molar-refractivity contribution is -0.176. The third-order valence-electron chi connectivity index (χ3n) is 1.52. The lowest BCUT2D eigenvalue weighted by Gasteiger charge is -2.14. The summed E-state index contributed by atoms with van der Waals surface area (Å²) in [6.07, 6.45) is -2.80. The highest BCUT2D eigenvalue weighted by Crippen LogP contribution is 2.25. The zero-order valence-electron chi connectivity index (χ0n) is 6.93. The Labute approximate surface area is 72.9 Å². The van der Waals surface area contributed by atoms with Gasteiger partial charge in [-0.25, -0.2) is 5.10 Å². The van der Waals surface area contributed by atoms with E-state index in [-0.39, 0.29) is 5.88 Å². The van der Waals surface area contributed by atoms with Crippen molar-refractivity contribution in [2.45, 2.75) is 13.1 Å². The Hall–Kier alpha value is -1.20. The molecule has 0 radical (unpaired) electrons. The minimum absolute atomic E-state index is 0.246. The fourth-order valence-corrected chi connectivity index (χ4v) is 0.633. The predicted molar refractivity (Wildman–Crippen MR) is 39.3 cm³/mol. The van der Waals surface area contributed by atoms with Gasteiger partial charge in [0.2, 0.25) is 5.88 Å². The maximum Gasteiger partial charge on any atom is 0.394 e. The van der Waals surface area contributed by atoms with Crippen molar-refractivity contribution < 1.29 is 17.9 Å². The fraction of sp³-hybridized carbons (Fsp3) is 0.571. The lowest BCUT2D eigenvalue weighted by Crippen LogP contribution is -2.25. The van der Waals surface area contributed by atoms with Crippen molar-refractivity contribution in [3.63, 3.8) is 0 Å². The lowest BCUT2D eigenvalue weighted by atomic mass is 10.2. The molecule has 1 aromatic heterocycles. The van der Waals surface area contributed by atoms with E-state index in [1.807, 2.05) is 0 Å². The quantitative estimate of drug-likeness (QED) is 0.798. The molecule has 13 heavy (non-hydrogen) atoms. The molecule has 0 aliphatic rings. The van der Waals surface area contributed by atoms with E-state index in [2.05, 4.69) is 10.2 Å².